The molecule has 1 atom stereocenters. The number of nitrogens with zero attached hydrogens (tertiary/aromatic N) is 2. The van der Waals surface area contributed by atoms with Crippen molar-refractivity contribution in [3.63, 3.8) is 0 Å². The molecule has 3 aliphatic heterocycles. The Kier molecular flexibility index (Phi) is 4.97. The van der Waals surface area contributed by atoms with Gasteiger partial charge in [-0.15, -0.1) is 0 Å². The van der Waals surface area contributed by atoms with Crippen LogP contribution in [-0.2, 0) is 4.74 Å². The maximum absolute atomic E-state index is 12.8. The second-order valence-electron chi connectivity index (χ2n) is 7.47. The molecule has 1 unspecified atom stereocenters. The summed E-state index contributed by atoms with van der Waals surface area (Å²) in [7, 11) is 1.94. The topological polar surface area (TPSA) is 79.0 Å². The van der Waals surface area contributed by atoms with Crippen LogP contribution in [0.15, 0.2) is 18.2 Å². The highest BCUT2D eigenvalue weighted by Gasteiger charge is 2.38. The average molecular weight is 371 g/mol. The predicted molar refractivity (Wildman–Crippen MR) is 98.8 cm³/mol. The molecule has 1 aromatic carbocycles. The van der Waals surface area contributed by atoms with E-state index in [1.54, 1.807) is 18.2 Å². The van der Waals surface area contributed by atoms with Gasteiger partial charge in [0.15, 0.2) is 0 Å². The van der Waals surface area contributed by atoms with Crippen molar-refractivity contribution in [2.24, 2.45) is 0 Å². The fourth-order valence-corrected chi connectivity index (χ4v) is 4.14. The summed E-state index contributed by atoms with van der Waals surface area (Å²) in [5.74, 6) is -0.696. The van der Waals surface area contributed by atoms with Gasteiger partial charge in [0.05, 0.1) is 23.8 Å². The molecule has 0 bridgehead atoms. The first-order chi connectivity index (χ1) is 13.1. The van der Waals surface area contributed by atoms with E-state index in [0.717, 1.165) is 25.7 Å². The molecule has 0 aliphatic carbocycles. The Hall–Kier alpha value is -2.25. The van der Waals surface area contributed by atoms with Gasteiger partial charge in [-0.25, -0.2) is 0 Å². The molecule has 1 N–H and O–H groups in total. The molecule has 3 aliphatic rings. The number of hydrogen-bond acceptors (Lipinski definition) is 5. The maximum Gasteiger partial charge on any atom is 0.261 e. The minimum absolute atomic E-state index is 0.0785. The van der Waals surface area contributed by atoms with Gasteiger partial charge in [-0.1, -0.05) is 0 Å². The summed E-state index contributed by atoms with van der Waals surface area (Å²) < 4.78 is 5.56. The molecule has 3 amide bonds. The van der Waals surface area contributed by atoms with E-state index >= 15 is 0 Å². The van der Waals surface area contributed by atoms with Crippen LogP contribution in [0.4, 0.5) is 0 Å². The number of piperidine rings is 1. The van der Waals surface area contributed by atoms with Gasteiger partial charge >= 0.3 is 0 Å². The van der Waals surface area contributed by atoms with Crippen molar-refractivity contribution in [1.29, 1.82) is 0 Å². The maximum atomic E-state index is 12.8. The number of benzene rings is 1. The van der Waals surface area contributed by atoms with Crippen LogP contribution in [0.1, 0.15) is 56.8 Å². The van der Waals surface area contributed by atoms with Crippen molar-refractivity contribution in [1.82, 2.24) is 15.1 Å². The molecule has 27 heavy (non-hydrogen) atoms. The molecule has 0 saturated carbocycles. The first-order valence-corrected chi connectivity index (χ1v) is 9.67. The minimum atomic E-state index is -0.325. The second-order valence-corrected chi connectivity index (χ2v) is 7.47. The third-order valence-corrected chi connectivity index (χ3v) is 5.82. The van der Waals surface area contributed by atoms with Crippen molar-refractivity contribution in [2.75, 3.05) is 33.3 Å². The lowest BCUT2D eigenvalue weighted by molar-refractivity contribution is 0.0475. The summed E-state index contributed by atoms with van der Waals surface area (Å²) in [5, 5.41) is 3.25. The van der Waals surface area contributed by atoms with Gasteiger partial charge in [0.25, 0.3) is 17.7 Å². The molecule has 1 aromatic rings. The minimum Gasteiger partial charge on any atom is -0.376 e. The average Bonchev–Trinajstić information content (AvgIpc) is 3.30. The summed E-state index contributed by atoms with van der Waals surface area (Å²) >= 11 is 0. The van der Waals surface area contributed by atoms with Gasteiger partial charge in [0.1, 0.15) is 0 Å². The molecule has 2 fully saturated rings. The summed E-state index contributed by atoms with van der Waals surface area (Å²) in [4.78, 5) is 41.2. The third kappa shape index (κ3) is 3.37. The van der Waals surface area contributed by atoms with E-state index in [0.29, 0.717) is 42.4 Å². The van der Waals surface area contributed by atoms with Gasteiger partial charge in [-0.2, -0.15) is 0 Å². The Morgan fingerprint density at radius 1 is 1.15 bits per heavy atom. The van der Waals surface area contributed by atoms with Crippen LogP contribution < -0.4 is 5.32 Å². The van der Waals surface area contributed by atoms with Crippen molar-refractivity contribution in [2.45, 2.75) is 37.8 Å². The van der Waals surface area contributed by atoms with Crippen molar-refractivity contribution < 1.29 is 19.1 Å². The molecule has 2 saturated heterocycles. The molecule has 0 spiro atoms. The second kappa shape index (κ2) is 7.40. The Morgan fingerprint density at radius 3 is 2.56 bits per heavy atom. The van der Waals surface area contributed by atoms with E-state index in [1.807, 2.05) is 11.9 Å². The standard InChI is InChI=1S/C20H25N3O4/c1-21-14-6-8-22(9-7-14)18(24)13-4-5-16-17(11-13)20(26)23(19(16)25)12-15-3-2-10-27-15/h4-5,11,14-15,21H,2-3,6-10,12H2,1H3. The Bertz CT molecular complexity index is 764. The lowest BCUT2D eigenvalue weighted by Gasteiger charge is -2.31. The predicted octanol–water partition coefficient (Wildman–Crippen LogP) is 1.29. The molecule has 0 radical (unpaired) electrons. The van der Waals surface area contributed by atoms with Crippen molar-refractivity contribution in [3.05, 3.63) is 34.9 Å². The lowest BCUT2D eigenvalue weighted by Crippen LogP contribution is -2.44. The largest absolute Gasteiger partial charge is 0.376 e. The fraction of sp³-hybridized carbons (Fsp3) is 0.550. The number of carbonyl (C=O) groups is 3. The van der Waals surface area contributed by atoms with E-state index in [9.17, 15) is 14.4 Å². The Balaban J connectivity index is 1.49. The van der Waals surface area contributed by atoms with E-state index < -0.39 is 0 Å². The van der Waals surface area contributed by atoms with Gasteiger partial charge < -0.3 is 15.0 Å². The molecular weight excluding hydrogens is 346 g/mol. The smallest absolute Gasteiger partial charge is 0.261 e. The number of fused-ring (bicyclic) bond motifs is 1. The van der Waals surface area contributed by atoms with Crippen LogP contribution in [0, 0.1) is 0 Å². The van der Waals surface area contributed by atoms with Crippen LogP contribution in [-0.4, -0.2) is 73.0 Å². The number of rotatable bonds is 4. The number of imide groups is 1. The number of ether oxygens (including phenoxy) is 1. The highest BCUT2D eigenvalue weighted by Crippen LogP contribution is 2.27. The number of hydrogen-bond donors (Lipinski definition) is 1. The normalized spacial score (nSPS) is 23.2. The molecule has 4 rings (SSSR count). The molecule has 3 heterocycles. The Labute approximate surface area is 158 Å². The van der Waals surface area contributed by atoms with E-state index in [1.165, 1.54) is 4.90 Å². The number of nitrogens with one attached hydrogen (secondary N) is 1. The van der Waals surface area contributed by atoms with Gasteiger partial charge in [-0.3, -0.25) is 19.3 Å². The lowest BCUT2D eigenvalue weighted by atomic mass is 10.0. The van der Waals surface area contributed by atoms with Crippen LogP contribution in [0.2, 0.25) is 0 Å². The van der Waals surface area contributed by atoms with Gasteiger partial charge in [-0.05, 0) is 50.9 Å². The van der Waals surface area contributed by atoms with Crippen LogP contribution in [0.3, 0.4) is 0 Å². The van der Waals surface area contributed by atoms with E-state index in [-0.39, 0.29) is 30.4 Å². The SMILES string of the molecule is CNC1CCN(C(=O)c2ccc3c(c2)C(=O)N(CC2CCCO2)C3=O)CC1. The summed E-state index contributed by atoms with van der Waals surface area (Å²) in [6.45, 7) is 2.35. The van der Waals surface area contributed by atoms with Crippen molar-refractivity contribution in [3.8, 4) is 0 Å². The highest BCUT2D eigenvalue weighted by atomic mass is 16.5. The third-order valence-electron chi connectivity index (χ3n) is 5.82. The first-order valence-electron chi connectivity index (χ1n) is 9.67. The van der Waals surface area contributed by atoms with Crippen molar-refractivity contribution >= 4 is 17.7 Å². The first kappa shape index (κ1) is 18.1. The van der Waals surface area contributed by atoms with Gasteiger partial charge in [0, 0.05) is 31.3 Å². The van der Waals surface area contributed by atoms with Gasteiger partial charge in [0.2, 0.25) is 0 Å². The molecule has 7 heteroatoms. The molecule has 0 aromatic heterocycles. The van der Waals surface area contributed by atoms with Crippen LogP contribution >= 0.6 is 0 Å². The number of likely N-dealkylation sites (tertiary alicyclic amines) is 1. The zero-order valence-electron chi connectivity index (χ0n) is 15.6. The Morgan fingerprint density at radius 2 is 1.89 bits per heavy atom. The summed E-state index contributed by atoms with van der Waals surface area (Å²) in [6.07, 6.45) is 3.57. The monoisotopic (exact) mass is 371 g/mol. The van der Waals surface area contributed by atoms with Crippen LogP contribution in [0.25, 0.3) is 0 Å². The zero-order chi connectivity index (χ0) is 19.0. The number of amides is 3. The van der Waals surface area contributed by atoms with E-state index in [2.05, 4.69) is 5.32 Å². The summed E-state index contributed by atoms with van der Waals surface area (Å²) in [6, 6.07) is 5.29. The van der Waals surface area contributed by atoms with Crippen LogP contribution in [0.5, 0.6) is 0 Å². The van der Waals surface area contributed by atoms with E-state index in [4.69, 9.17) is 4.74 Å². The highest BCUT2D eigenvalue weighted by molar-refractivity contribution is 6.22. The fourth-order valence-electron chi connectivity index (χ4n) is 4.14. The number of carbonyl (C=O) groups excluding carboxylic acids is 3. The zero-order valence-corrected chi connectivity index (χ0v) is 15.6. The molecule has 144 valence electrons. The quantitative estimate of drug-likeness (QED) is 0.807. The molecular formula is C20H25N3O4. The summed E-state index contributed by atoms with van der Waals surface area (Å²) in [5.41, 5.74) is 1.18. The molecule has 7 nitrogen and oxygen atoms in total.